The number of pyridine rings is 1. The summed E-state index contributed by atoms with van der Waals surface area (Å²) in [5.74, 6) is -0.548. The molecule has 2 aliphatic heterocycles. The van der Waals surface area contributed by atoms with Crippen LogP contribution in [0.3, 0.4) is 0 Å². The lowest BCUT2D eigenvalue weighted by atomic mass is 10.1. The molecule has 0 saturated carbocycles. The van der Waals surface area contributed by atoms with Crippen LogP contribution in [0.1, 0.15) is 24.4 Å². The van der Waals surface area contributed by atoms with E-state index in [-0.39, 0.29) is 30.9 Å². The highest BCUT2D eigenvalue weighted by molar-refractivity contribution is 6.04. The molecule has 0 radical (unpaired) electrons. The van der Waals surface area contributed by atoms with Crippen molar-refractivity contribution >= 4 is 17.8 Å². The molecule has 1 aromatic heterocycles. The Morgan fingerprint density at radius 2 is 2.10 bits per heavy atom. The average molecular weight is 288 g/mol. The molecule has 1 unspecified atom stereocenters. The van der Waals surface area contributed by atoms with Crippen LogP contribution in [0.4, 0.5) is 4.79 Å². The summed E-state index contributed by atoms with van der Waals surface area (Å²) in [5, 5.41) is 2.42. The molecule has 4 amide bonds. The third-order valence-corrected chi connectivity index (χ3v) is 3.89. The van der Waals surface area contributed by atoms with Crippen molar-refractivity contribution in [1.29, 1.82) is 0 Å². The topological polar surface area (TPSA) is 82.6 Å². The molecule has 7 heteroatoms. The molecule has 110 valence electrons. The highest BCUT2D eigenvalue weighted by atomic mass is 16.2. The highest BCUT2D eigenvalue weighted by Crippen LogP contribution is 2.31. The summed E-state index contributed by atoms with van der Waals surface area (Å²) < 4.78 is 0. The van der Waals surface area contributed by atoms with Crippen molar-refractivity contribution in [3.63, 3.8) is 0 Å². The van der Waals surface area contributed by atoms with Gasteiger partial charge in [0.05, 0.1) is 12.6 Å². The second-order valence-electron chi connectivity index (χ2n) is 5.16. The predicted octanol–water partition coefficient (Wildman–Crippen LogP) is 0.297. The summed E-state index contributed by atoms with van der Waals surface area (Å²) in [6, 6.07) is 3.29. The van der Waals surface area contributed by atoms with E-state index in [1.165, 1.54) is 0 Å². The van der Waals surface area contributed by atoms with Crippen molar-refractivity contribution in [2.75, 3.05) is 19.6 Å². The number of urea groups is 1. The summed E-state index contributed by atoms with van der Waals surface area (Å²) >= 11 is 0. The zero-order chi connectivity index (χ0) is 14.8. The second kappa shape index (κ2) is 5.51. The van der Waals surface area contributed by atoms with E-state index < -0.39 is 6.03 Å². The van der Waals surface area contributed by atoms with Gasteiger partial charge in [-0.1, -0.05) is 0 Å². The Morgan fingerprint density at radius 1 is 1.33 bits per heavy atom. The van der Waals surface area contributed by atoms with E-state index in [4.69, 9.17) is 0 Å². The molecule has 3 rings (SSSR count). The van der Waals surface area contributed by atoms with Gasteiger partial charge in [0, 0.05) is 18.9 Å². The van der Waals surface area contributed by atoms with Gasteiger partial charge in [-0.25, -0.2) is 4.79 Å². The average Bonchev–Trinajstić information content (AvgIpc) is 3.10. The fraction of sp³-hybridized carbons (Fsp3) is 0.429. The number of amides is 4. The van der Waals surface area contributed by atoms with Crippen LogP contribution in [0.5, 0.6) is 0 Å². The van der Waals surface area contributed by atoms with Crippen LogP contribution in [0.25, 0.3) is 0 Å². The van der Waals surface area contributed by atoms with Gasteiger partial charge >= 0.3 is 6.03 Å². The lowest BCUT2D eigenvalue weighted by Crippen LogP contribution is -2.42. The normalized spacial score (nSPS) is 21.8. The highest BCUT2D eigenvalue weighted by Gasteiger charge is 2.35. The lowest BCUT2D eigenvalue weighted by molar-refractivity contribution is -0.137. The van der Waals surface area contributed by atoms with E-state index in [0.717, 1.165) is 23.3 Å². The van der Waals surface area contributed by atoms with Crippen LogP contribution < -0.4 is 5.32 Å². The number of nitrogens with zero attached hydrogens (tertiary/aromatic N) is 3. The molecule has 0 bridgehead atoms. The van der Waals surface area contributed by atoms with Crippen LogP contribution in [-0.2, 0) is 9.59 Å². The molecule has 7 nitrogen and oxygen atoms in total. The van der Waals surface area contributed by atoms with Crippen LogP contribution >= 0.6 is 0 Å². The van der Waals surface area contributed by atoms with Crippen LogP contribution in [0.2, 0.25) is 0 Å². The van der Waals surface area contributed by atoms with Crippen molar-refractivity contribution in [2.45, 2.75) is 18.9 Å². The molecule has 0 aromatic carbocycles. The first-order valence-corrected chi connectivity index (χ1v) is 6.94. The fourth-order valence-electron chi connectivity index (χ4n) is 2.84. The van der Waals surface area contributed by atoms with Gasteiger partial charge in [0.15, 0.2) is 0 Å². The van der Waals surface area contributed by atoms with Gasteiger partial charge in [0.1, 0.15) is 6.54 Å². The third-order valence-electron chi connectivity index (χ3n) is 3.89. The molecule has 3 heterocycles. The van der Waals surface area contributed by atoms with E-state index in [2.05, 4.69) is 10.3 Å². The Balaban J connectivity index is 1.72. The molecule has 2 saturated heterocycles. The Morgan fingerprint density at radius 3 is 2.76 bits per heavy atom. The lowest BCUT2D eigenvalue weighted by Gasteiger charge is -2.26. The monoisotopic (exact) mass is 288 g/mol. The van der Waals surface area contributed by atoms with Gasteiger partial charge in [-0.05, 0) is 30.5 Å². The first-order chi connectivity index (χ1) is 10.2. The zero-order valence-corrected chi connectivity index (χ0v) is 11.5. The maximum absolute atomic E-state index is 12.4. The molecular formula is C14H16N4O3. The van der Waals surface area contributed by atoms with Gasteiger partial charge < -0.3 is 10.2 Å². The Bertz CT molecular complexity index is 559. The molecular weight excluding hydrogens is 272 g/mol. The summed E-state index contributed by atoms with van der Waals surface area (Å²) in [5.41, 5.74) is 1.04. The number of imide groups is 1. The van der Waals surface area contributed by atoms with E-state index in [1.807, 2.05) is 12.1 Å². The standard InChI is InChI=1S/C14H16N4O3/c19-12-8-16-14(21)18(12)9-13(20)17-7-1-2-11(17)10-3-5-15-6-4-10/h3-6,11H,1-2,7-9H2,(H,16,21). The van der Waals surface area contributed by atoms with Crippen molar-refractivity contribution in [2.24, 2.45) is 0 Å². The van der Waals surface area contributed by atoms with Gasteiger partial charge in [-0.3, -0.25) is 19.5 Å². The summed E-state index contributed by atoms with van der Waals surface area (Å²) in [4.78, 5) is 42.2. The largest absolute Gasteiger partial charge is 0.334 e. The minimum atomic E-state index is -0.493. The van der Waals surface area contributed by atoms with Crippen LogP contribution in [-0.4, -0.2) is 52.3 Å². The number of rotatable bonds is 3. The Kier molecular flexibility index (Phi) is 3.55. The minimum absolute atomic E-state index is 0.00117. The summed E-state index contributed by atoms with van der Waals surface area (Å²) in [6.07, 6.45) is 5.20. The molecule has 1 N–H and O–H groups in total. The van der Waals surface area contributed by atoms with Gasteiger partial charge in [-0.15, -0.1) is 0 Å². The third kappa shape index (κ3) is 2.58. The molecule has 1 aromatic rings. The molecule has 1 atom stereocenters. The summed E-state index contributed by atoms with van der Waals surface area (Å²) in [7, 11) is 0. The van der Waals surface area contributed by atoms with Crippen LogP contribution in [0.15, 0.2) is 24.5 Å². The van der Waals surface area contributed by atoms with Crippen molar-refractivity contribution in [3.05, 3.63) is 30.1 Å². The number of carbonyl (C=O) groups is 3. The van der Waals surface area contributed by atoms with E-state index in [1.54, 1.807) is 17.3 Å². The zero-order valence-electron chi connectivity index (χ0n) is 11.5. The molecule has 0 spiro atoms. The van der Waals surface area contributed by atoms with Crippen molar-refractivity contribution in [3.8, 4) is 0 Å². The number of carbonyl (C=O) groups excluding carboxylic acids is 3. The number of likely N-dealkylation sites (tertiary alicyclic amines) is 1. The maximum atomic E-state index is 12.4. The smallest absolute Gasteiger partial charge is 0.325 e. The maximum Gasteiger partial charge on any atom is 0.325 e. The van der Waals surface area contributed by atoms with Crippen molar-refractivity contribution in [1.82, 2.24) is 20.1 Å². The Hall–Kier alpha value is -2.44. The molecule has 21 heavy (non-hydrogen) atoms. The van der Waals surface area contributed by atoms with Gasteiger partial charge in [0.2, 0.25) is 5.91 Å². The minimum Gasteiger partial charge on any atom is -0.334 e. The van der Waals surface area contributed by atoms with Gasteiger partial charge in [-0.2, -0.15) is 0 Å². The first kappa shape index (κ1) is 13.5. The first-order valence-electron chi connectivity index (χ1n) is 6.94. The predicted molar refractivity (Wildman–Crippen MR) is 73.0 cm³/mol. The van der Waals surface area contributed by atoms with E-state index in [9.17, 15) is 14.4 Å². The quantitative estimate of drug-likeness (QED) is 0.811. The van der Waals surface area contributed by atoms with E-state index in [0.29, 0.717) is 6.54 Å². The van der Waals surface area contributed by atoms with Gasteiger partial charge in [0.25, 0.3) is 5.91 Å². The molecule has 2 fully saturated rings. The van der Waals surface area contributed by atoms with Crippen molar-refractivity contribution < 1.29 is 14.4 Å². The SMILES string of the molecule is O=C1CNC(=O)N1CC(=O)N1CCCC1c1ccncc1. The molecule has 0 aliphatic carbocycles. The number of aromatic nitrogens is 1. The summed E-state index contributed by atoms with van der Waals surface area (Å²) in [6.45, 7) is 0.432. The second-order valence-corrected chi connectivity index (χ2v) is 5.16. The van der Waals surface area contributed by atoms with Crippen LogP contribution in [0, 0.1) is 0 Å². The number of hydrogen-bond acceptors (Lipinski definition) is 4. The Labute approximate surface area is 121 Å². The fourth-order valence-corrected chi connectivity index (χ4v) is 2.84. The number of nitrogens with one attached hydrogen (secondary N) is 1. The number of hydrogen-bond donors (Lipinski definition) is 1. The van der Waals surface area contributed by atoms with E-state index >= 15 is 0 Å². The molecule has 2 aliphatic rings.